The Morgan fingerprint density at radius 3 is 2.77 bits per heavy atom. The topological polar surface area (TPSA) is 92.5 Å². The van der Waals surface area contributed by atoms with E-state index in [0.29, 0.717) is 28.3 Å². The van der Waals surface area contributed by atoms with Crippen LogP contribution in [0.3, 0.4) is 0 Å². The lowest BCUT2D eigenvalue weighted by atomic mass is 9.75. The summed E-state index contributed by atoms with van der Waals surface area (Å²) in [5.74, 6) is -1.20. The molecule has 0 fully saturated rings. The van der Waals surface area contributed by atoms with Gasteiger partial charge < -0.3 is 10.4 Å². The maximum atomic E-state index is 11.7. The third-order valence-electron chi connectivity index (χ3n) is 5.17. The molecule has 26 heavy (non-hydrogen) atoms. The molecule has 4 rings (SSSR count). The fourth-order valence-electron chi connectivity index (χ4n) is 4.08. The first-order valence-corrected chi connectivity index (χ1v) is 8.59. The third-order valence-corrected chi connectivity index (χ3v) is 5.48. The van der Waals surface area contributed by atoms with Gasteiger partial charge in [0, 0.05) is 12.0 Å². The minimum Gasteiger partial charge on any atom is -0.478 e. The van der Waals surface area contributed by atoms with Crippen LogP contribution in [0.25, 0.3) is 0 Å². The van der Waals surface area contributed by atoms with Crippen molar-refractivity contribution in [2.45, 2.75) is 18.4 Å². The summed E-state index contributed by atoms with van der Waals surface area (Å²) in [6, 6.07) is 9.47. The third kappa shape index (κ3) is 2.45. The van der Waals surface area contributed by atoms with Crippen LogP contribution in [0.5, 0.6) is 0 Å². The SMILES string of the molecule is O=C(O)c1ccccc1[C@@H]1Nc2c(Cl)ccc([N+](=O)[O-])c2[C@@H]2C=CC[C@@H]21. The molecule has 1 aliphatic carbocycles. The first-order chi connectivity index (χ1) is 12.5. The fourth-order valence-corrected chi connectivity index (χ4v) is 4.30. The number of nitro benzene ring substituents is 1. The molecule has 2 N–H and O–H groups in total. The molecular formula is C19H15ClN2O4. The van der Waals surface area contributed by atoms with Crippen molar-refractivity contribution in [2.75, 3.05) is 5.32 Å². The van der Waals surface area contributed by atoms with Gasteiger partial charge in [-0.3, -0.25) is 10.1 Å². The van der Waals surface area contributed by atoms with Crippen LogP contribution in [0.15, 0.2) is 48.6 Å². The largest absolute Gasteiger partial charge is 0.478 e. The van der Waals surface area contributed by atoms with E-state index < -0.39 is 10.9 Å². The molecule has 0 amide bonds. The van der Waals surface area contributed by atoms with Gasteiger partial charge in [-0.25, -0.2) is 4.79 Å². The number of halogens is 1. The Labute approximate surface area is 154 Å². The number of carboxylic acid groups (broad SMARTS) is 1. The van der Waals surface area contributed by atoms with Gasteiger partial charge in [0.25, 0.3) is 5.69 Å². The van der Waals surface area contributed by atoms with Crippen LogP contribution in [-0.4, -0.2) is 16.0 Å². The predicted molar refractivity (Wildman–Crippen MR) is 97.9 cm³/mol. The summed E-state index contributed by atoms with van der Waals surface area (Å²) in [5, 5.41) is 24.7. The van der Waals surface area contributed by atoms with Crippen LogP contribution >= 0.6 is 11.6 Å². The van der Waals surface area contributed by atoms with Gasteiger partial charge in [-0.05, 0) is 30.0 Å². The van der Waals surface area contributed by atoms with E-state index in [0.717, 1.165) is 0 Å². The standard InChI is InChI=1S/C19H15ClN2O4/c20-14-8-9-15(22(25)26)16-10-6-3-7-11(10)17(21-18(14)16)12-4-1-2-5-13(12)19(23)24/h1-6,8-11,17,21H,7H2,(H,23,24)/t10-,11+,17-/m1/s1. The van der Waals surface area contributed by atoms with Crippen molar-refractivity contribution in [3.05, 3.63) is 80.4 Å². The quantitative estimate of drug-likeness (QED) is 0.461. The number of rotatable bonds is 3. The van der Waals surface area contributed by atoms with Crippen LogP contribution in [0.4, 0.5) is 11.4 Å². The molecule has 6 nitrogen and oxygen atoms in total. The van der Waals surface area contributed by atoms with Gasteiger partial charge in [0.15, 0.2) is 0 Å². The summed E-state index contributed by atoms with van der Waals surface area (Å²) in [6.07, 6.45) is 4.66. The van der Waals surface area contributed by atoms with E-state index >= 15 is 0 Å². The van der Waals surface area contributed by atoms with Crippen molar-refractivity contribution in [1.29, 1.82) is 0 Å². The summed E-state index contributed by atoms with van der Waals surface area (Å²) < 4.78 is 0. The van der Waals surface area contributed by atoms with Crippen molar-refractivity contribution >= 4 is 28.9 Å². The molecule has 1 aliphatic heterocycles. The Kier molecular flexibility index (Phi) is 3.92. The minimum absolute atomic E-state index is 0.0137. The van der Waals surface area contributed by atoms with Crippen LogP contribution in [-0.2, 0) is 0 Å². The molecular weight excluding hydrogens is 356 g/mol. The van der Waals surface area contributed by atoms with E-state index in [2.05, 4.69) is 5.32 Å². The molecule has 132 valence electrons. The Morgan fingerprint density at radius 1 is 1.27 bits per heavy atom. The van der Waals surface area contributed by atoms with E-state index in [1.165, 1.54) is 12.1 Å². The number of carbonyl (C=O) groups is 1. The Hall–Kier alpha value is -2.86. The second kappa shape index (κ2) is 6.14. The molecule has 0 unspecified atom stereocenters. The van der Waals surface area contributed by atoms with Crippen LogP contribution < -0.4 is 5.32 Å². The molecule has 0 spiro atoms. The zero-order chi connectivity index (χ0) is 18.4. The molecule has 1 heterocycles. The number of carboxylic acids is 1. The van der Waals surface area contributed by atoms with Gasteiger partial charge in [0.05, 0.1) is 32.8 Å². The molecule has 0 saturated carbocycles. The van der Waals surface area contributed by atoms with Crippen molar-refractivity contribution in [3.8, 4) is 0 Å². The second-order valence-corrected chi connectivity index (χ2v) is 6.89. The monoisotopic (exact) mass is 370 g/mol. The molecule has 0 radical (unpaired) electrons. The van der Waals surface area contributed by atoms with Crippen molar-refractivity contribution in [3.63, 3.8) is 0 Å². The highest BCUT2D eigenvalue weighted by atomic mass is 35.5. The number of anilines is 1. The van der Waals surface area contributed by atoms with Gasteiger partial charge in [-0.15, -0.1) is 0 Å². The van der Waals surface area contributed by atoms with E-state index in [9.17, 15) is 20.0 Å². The number of nitrogens with zero attached hydrogens (tertiary/aromatic N) is 1. The predicted octanol–water partition coefficient (Wildman–Crippen LogP) is 4.77. The Balaban J connectivity index is 1.90. The van der Waals surface area contributed by atoms with E-state index in [1.54, 1.807) is 24.3 Å². The number of nitro groups is 1. The van der Waals surface area contributed by atoms with Gasteiger partial charge in [-0.1, -0.05) is 42.0 Å². The number of hydrogen-bond donors (Lipinski definition) is 2. The van der Waals surface area contributed by atoms with Gasteiger partial charge in [0.1, 0.15) is 0 Å². The number of hydrogen-bond acceptors (Lipinski definition) is 4. The zero-order valence-corrected chi connectivity index (χ0v) is 14.3. The number of aromatic carboxylic acids is 1. The molecule has 7 heteroatoms. The summed E-state index contributed by atoms with van der Waals surface area (Å²) >= 11 is 6.34. The molecule has 2 aliphatic rings. The summed E-state index contributed by atoms with van der Waals surface area (Å²) in [5.41, 5.74) is 2.00. The fraction of sp³-hybridized carbons (Fsp3) is 0.211. The molecule has 0 aromatic heterocycles. The highest BCUT2D eigenvalue weighted by Crippen LogP contribution is 2.54. The maximum Gasteiger partial charge on any atom is 0.336 e. The molecule has 2 aromatic carbocycles. The number of nitrogens with one attached hydrogen (secondary N) is 1. The molecule has 0 saturated heterocycles. The zero-order valence-electron chi connectivity index (χ0n) is 13.6. The minimum atomic E-state index is -0.999. The number of allylic oxidation sites excluding steroid dienone is 2. The van der Waals surface area contributed by atoms with Crippen molar-refractivity contribution in [1.82, 2.24) is 0 Å². The summed E-state index contributed by atoms with van der Waals surface area (Å²) in [4.78, 5) is 22.8. The molecule has 3 atom stereocenters. The van der Waals surface area contributed by atoms with Gasteiger partial charge >= 0.3 is 5.97 Å². The van der Waals surface area contributed by atoms with Gasteiger partial charge in [-0.2, -0.15) is 0 Å². The lowest BCUT2D eigenvalue weighted by Crippen LogP contribution is -2.31. The highest BCUT2D eigenvalue weighted by molar-refractivity contribution is 6.33. The van der Waals surface area contributed by atoms with E-state index in [1.807, 2.05) is 12.2 Å². The smallest absolute Gasteiger partial charge is 0.336 e. The lowest BCUT2D eigenvalue weighted by molar-refractivity contribution is -0.385. The summed E-state index contributed by atoms with van der Waals surface area (Å²) in [7, 11) is 0. The van der Waals surface area contributed by atoms with Crippen LogP contribution in [0, 0.1) is 16.0 Å². The Morgan fingerprint density at radius 2 is 2.04 bits per heavy atom. The maximum absolute atomic E-state index is 11.7. The van der Waals surface area contributed by atoms with Crippen molar-refractivity contribution < 1.29 is 14.8 Å². The highest BCUT2D eigenvalue weighted by Gasteiger charge is 2.43. The summed E-state index contributed by atoms with van der Waals surface area (Å²) in [6.45, 7) is 0. The number of fused-ring (bicyclic) bond motifs is 3. The molecule has 0 bridgehead atoms. The van der Waals surface area contributed by atoms with E-state index in [4.69, 9.17) is 11.6 Å². The van der Waals surface area contributed by atoms with E-state index in [-0.39, 0.29) is 29.1 Å². The van der Waals surface area contributed by atoms with Crippen molar-refractivity contribution in [2.24, 2.45) is 5.92 Å². The first-order valence-electron chi connectivity index (χ1n) is 8.21. The lowest BCUT2D eigenvalue weighted by Gasteiger charge is -2.38. The van der Waals surface area contributed by atoms with Gasteiger partial charge in [0.2, 0.25) is 0 Å². The normalized spacial score (nSPS) is 23.0. The molecule has 2 aromatic rings. The number of benzene rings is 2. The first kappa shape index (κ1) is 16.6. The Bertz CT molecular complexity index is 957. The average molecular weight is 371 g/mol. The second-order valence-electron chi connectivity index (χ2n) is 6.48. The van der Waals surface area contributed by atoms with Crippen LogP contribution in [0.2, 0.25) is 5.02 Å². The van der Waals surface area contributed by atoms with Crippen LogP contribution in [0.1, 0.15) is 39.9 Å². The average Bonchev–Trinajstić information content (AvgIpc) is 3.11.